The number of methoxy groups -OCH3 is 3. The highest BCUT2D eigenvalue weighted by Crippen LogP contribution is 2.38. The summed E-state index contributed by atoms with van der Waals surface area (Å²) in [6, 6.07) is 11.5. The first-order valence-corrected chi connectivity index (χ1v) is 10.7. The second-order valence-corrected chi connectivity index (χ2v) is 7.61. The molecule has 0 saturated carbocycles. The first-order valence-electron chi connectivity index (χ1n) is 10.7. The molecule has 182 valence electrons. The van der Waals surface area contributed by atoms with E-state index in [1.165, 1.54) is 21.3 Å². The van der Waals surface area contributed by atoms with Gasteiger partial charge in [0.2, 0.25) is 11.5 Å². The van der Waals surface area contributed by atoms with Crippen LogP contribution in [0, 0.1) is 0 Å². The number of rotatable bonds is 10. The maximum Gasteiger partial charge on any atom is 0.282 e. The molecule has 34 heavy (non-hydrogen) atoms. The minimum atomic E-state index is -0.0741. The van der Waals surface area contributed by atoms with Crippen molar-refractivity contribution in [3.63, 3.8) is 0 Å². The number of anilines is 1. The molecule has 0 spiro atoms. The molecule has 3 rings (SSSR count). The SMILES string of the molecule is CCc1n(N=Cc2ccc(N(C)C)cc2)cc[n+]1CC(=O)c1cc(OC)c(OC)c(OC)c1.[Br-]. The van der Waals surface area contributed by atoms with Crippen LogP contribution in [0.3, 0.4) is 0 Å². The lowest BCUT2D eigenvalue weighted by Gasteiger charge is -2.13. The minimum absolute atomic E-state index is 0. The zero-order valence-electron chi connectivity index (χ0n) is 20.4. The molecule has 0 atom stereocenters. The third-order valence-corrected chi connectivity index (χ3v) is 5.34. The number of halogens is 1. The number of ketones is 1. The number of aromatic nitrogens is 2. The van der Waals surface area contributed by atoms with Crippen LogP contribution in [0.1, 0.15) is 28.7 Å². The molecule has 0 aliphatic heterocycles. The zero-order chi connectivity index (χ0) is 24.0. The highest BCUT2D eigenvalue weighted by atomic mass is 79.9. The van der Waals surface area contributed by atoms with Gasteiger partial charge >= 0.3 is 0 Å². The van der Waals surface area contributed by atoms with E-state index in [1.807, 2.05) is 68.5 Å². The van der Waals surface area contributed by atoms with E-state index in [0.29, 0.717) is 29.2 Å². The molecular formula is C25H31BrN4O4. The van der Waals surface area contributed by atoms with Crippen molar-refractivity contribution in [3.05, 3.63) is 65.7 Å². The summed E-state index contributed by atoms with van der Waals surface area (Å²) in [4.78, 5) is 15.1. The Morgan fingerprint density at radius 2 is 1.68 bits per heavy atom. The number of nitrogens with zero attached hydrogens (tertiary/aromatic N) is 4. The van der Waals surface area contributed by atoms with Crippen LogP contribution < -0.4 is 40.7 Å². The largest absolute Gasteiger partial charge is 1.00 e. The molecule has 9 heteroatoms. The predicted octanol–water partition coefficient (Wildman–Crippen LogP) is 0.199. The van der Waals surface area contributed by atoms with Crippen LogP contribution in [0.2, 0.25) is 0 Å². The number of imidazole rings is 1. The van der Waals surface area contributed by atoms with Crippen LogP contribution in [0.15, 0.2) is 53.9 Å². The maximum atomic E-state index is 13.1. The maximum absolute atomic E-state index is 13.1. The van der Waals surface area contributed by atoms with Gasteiger partial charge in [0.1, 0.15) is 6.20 Å². The summed E-state index contributed by atoms with van der Waals surface area (Å²) in [5.41, 5.74) is 2.61. The van der Waals surface area contributed by atoms with E-state index >= 15 is 0 Å². The van der Waals surface area contributed by atoms with Crippen LogP contribution >= 0.6 is 0 Å². The summed E-state index contributed by atoms with van der Waals surface area (Å²) in [5, 5.41) is 4.59. The van der Waals surface area contributed by atoms with Crippen LogP contribution in [-0.2, 0) is 13.0 Å². The molecule has 2 aromatic carbocycles. The van der Waals surface area contributed by atoms with Gasteiger partial charge in [0, 0.05) is 31.8 Å². The van der Waals surface area contributed by atoms with Gasteiger partial charge in [0.25, 0.3) is 5.82 Å². The summed E-state index contributed by atoms with van der Waals surface area (Å²) in [7, 11) is 8.61. The monoisotopic (exact) mass is 530 g/mol. The molecule has 0 bridgehead atoms. The van der Waals surface area contributed by atoms with E-state index in [9.17, 15) is 4.79 Å². The second kappa shape index (κ2) is 12.2. The van der Waals surface area contributed by atoms with Gasteiger partial charge in [-0.15, -0.1) is 4.68 Å². The Balaban J connectivity index is 0.00000408. The van der Waals surface area contributed by atoms with E-state index in [-0.39, 0.29) is 29.3 Å². The number of hydrogen-bond donors (Lipinski definition) is 0. The number of hydrogen-bond acceptors (Lipinski definition) is 6. The molecule has 3 aromatic rings. The standard InChI is InChI=1S/C25H31N4O4.BrH/c1-7-24-28(12-13-29(24)26-16-18-8-10-20(11-9-18)27(2)3)17-21(30)19-14-22(31-4)25(33-6)23(15-19)32-5;/h8-16H,7,17H2,1-6H3;1H/q+1;/p-1. The summed E-state index contributed by atoms with van der Waals surface area (Å²) in [5.74, 6) is 2.19. The van der Waals surface area contributed by atoms with Gasteiger partial charge in [-0.25, -0.2) is 4.57 Å². The summed E-state index contributed by atoms with van der Waals surface area (Å²) < 4.78 is 19.8. The van der Waals surface area contributed by atoms with Crippen molar-refractivity contribution in [1.29, 1.82) is 0 Å². The Labute approximate surface area is 211 Å². The third-order valence-electron chi connectivity index (χ3n) is 5.34. The highest BCUT2D eigenvalue weighted by Gasteiger charge is 2.22. The van der Waals surface area contributed by atoms with Gasteiger partial charge in [-0.1, -0.05) is 24.2 Å². The molecule has 0 saturated heterocycles. The van der Waals surface area contributed by atoms with E-state index in [1.54, 1.807) is 16.8 Å². The Morgan fingerprint density at radius 1 is 1.06 bits per heavy atom. The van der Waals surface area contributed by atoms with Gasteiger partial charge in [-0.05, 0) is 29.8 Å². The second-order valence-electron chi connectivity index (χ2n) is 7.61. The lowest BCUT2D eigenvalue weighted by molar-refractivity contribution is -0.690. The normalized spacial score (nSPS) is 10.6. The van der Waals surface area contributed by atoms with Crippen molar-refractivity contribution in [3.8, 4) is 17.2 Å². The van der Waals surface area contributed by atoms with Gasteiger partial charge < -0.3 is 36.1 Å². The minimum Gasteiger partial charge on any atom is -1.00 e. The van der Waals surface area contributed by atoms with E-state index in [0.717, 1.165) is 17.1 Å². The average Bonchev–Trinajstić information content (AvgIpc) is 3.22. The molecule has 0 aliphatic carbocycles. The van der Waals surface area contributed by atoms with E-state index in [2.05, 4.69) is 10.0 Å². The lowest BCUT2D eigenvalue weighted by atomic mass is 10.1. The first kappa shape index (κ1) is 26.9. The van der Waals surface area contributed by atoms with Gasteiger partial charge in [0.15, 0.2) is 24.2 Å². The lowest BCUT2D eigenvalue weighted by Crippen LogP contribution is -3.00. The van der Waals surface area contributed by atoms with Gasteiger partial charge in [-0.2, -0.15) is 0 Å². The predicted molar refractivity (Wildman–Crippen MR) is 128 cm³/mol. The average molecular weight is 531 g/mol. The molecule has 0 aliphatic rings. The molecule has 0 unspecified atom stereocenters. The van der Waals surface area contributed by atoms with Crippen LogP contribution in [0.25, 0.3) is 0 Å². The third kappa shape index (κ3) is 5.96. The fraction of sp³-hybridized carbons (Fsp3) is 0.320. The number of Topliss-reactive ketones (excluding diaryl/α,β-unsaturated/α-hetero) is 1. The van der Waals surface area contributed by atoms with Gasteiger partial charge in [-0.3, -0.25) is 4.79 Å². The fourth-order valence-corrected chi connectivity index (χ4v) is 3.54. The summed E-state index contributed by atoms with van der Waals surface area (Å²) >= 11 is 0. The van der Waals surface area contributed by atoms with Crippen LogP contribution in [-0.4, -0.2) is 52.1 Å². The van der Waals surface area contributed by atoms with Crippen molar-refractivity contribution in [2.24, 2.45) is 5.10 Å². The fourth-order valence-electron chi connectivity index (χ4n) is 3.54. The van der Waals surface area contributed by atoms with Gasteiger partial charge in [0.05, 0.1) is 27.5 Å². The van der Waals surface area contributed by atoms with E-state index < -0.39 is 0 Å². The number of carbonyl (C=O) groups excluding carboxylic acids is 1. The van der Waals surface area contributed by atoms with Crippen molar-refractivity contribution >= 4 is 17.7 Å². The van der Waals surface area contributed by atoms with Crippen LogP contribution in [0.4, 0.5) is 5.69 Å². The molecule has 0 radical (unpaired) electrons. The molecule has 1 heterocycles. The zero-order valence-corrected chi connectivity index (χ0v) is 22.0. The number of carbonyl (C=O) groups is 1. The quantitative estimate of drug-likeness (QED) is 0.213. The van der Waals surface area contributed by atoms with Crippen molar-refractivity contribution in [1.82, 2.24) is 4.68 Å². The highest BCUT2D eigenvalue weighted by molar-refractivity contribution is 5.96. The topological polar surface area (TPSA) is 69.2 Å². The Bertz CT molecular complexity index is 1120. The Morgan fingerprint density at radius 3 is 2.18 bits per heavy atom. The van der Waals surface area contributed by atoms with Crippen molar-refractivity contribution in [2.45, 2.75) is 19.9 Å². The number of ether oxygens (including phenoxy) is 3. The summed E-state index contributed by atoms with van der Waals surface area (Å²) in [6.45, 7) is 2.20. The smallest absolute Gasteiger partial charge is 0.282 e. The van der Waals surface area contributed by atoms with Crippen LogP contribution in [0.5, 0.6) is 17.2 Å². The molecule has 0 N–H and O–H groups in total. The molecule has 0 amide bonds. The molecular weight excluding hydrogens is 500 g/mol. The van der Waals surface area contributed by atoms with Crippen molar-refractivity contribution < 1.29 is 40.6 Å². The molecule has 8 nitrogen and oxygen atoms in total. The summed E-state index contributed by atoms with van der Waals surface area (Å²) in [6.07, 6.45) is 6.24. The number of benzene rings is 2. The van der Waals surface area contributed by atoms with E-state index in [4.69, 9.17) is 14.2 Å². The first-order chi connectivity index (χ1) is 15.9. The Kier molecular flexibility index (Phi) is 9.68. The molecule has 1 aromatic heterocycles. The Hall–Kier alpha value is -3.33. The van der Waals surface area contributed by atoms with Crippen molar-refractivity contribution in [2.75, 3.05) is 40.3 Å². The molecule has 0 fully saturated rings.